The second-order valence-electron chi connectivity index (χ2n) is 8.57. The highest BCUT2D eigenvalue weighted by Crippen LogP contribution is 2.39. The number of hydrogen-bond donors (Lipinski definition) is 1. The summed E-state index contributed by atoms with van der Waals surface area (Å²) in [7, 11) is 0. The molecule has 0 radical (unpaired) electrons. The number of carbonyl (C=O) groups is 2. The summed E-state index contributed by atoms with van der Waals surface area (Å²) >= 11 is 0. The first kappa shape index (κ1) is 19.7. The molecule has 5 heterocycles. The topological polar surface area (TPSA) is 87.7 Å². The predicted octanol–water partition coefficient (Wildman–Crippen LogP) is 3.90. The molecule has 0 spiro atoms. The molecule has 3 aliphatic heterocycles. The smallest absolute Gasteiger partial charge is 0.238 e. The van der Waals surface area contributed by atoms with Crippen LogP contribution in [0.1, 0.15) is 25.7 Å². The highest BCUT2D eigenvalue weighted by atomic mass is 16.5. The summed E-state index contributed by atoms with van der Waals surface area (Å²) in [6, 6.07) is 13.9. The van der Waals surface area contributed by atoms with Gasteiger partial charge in [-0.1, -0.05) is 12.1 Å². The molecule has 2 aromatic heterocycles. The maximum atomic E-state index is 12.3. The molecule has 33 heavy (non-hydrogen) atoms. The van der Waals surface area contributed by atoms with E-state index in [1.807, 2.05) is 58.5 Å². The van der Waals surface area contributed by atoms with Crippen LogP contribution in [0.25, 0.3) is 11.1 Å². The molecule has 0 bridgehead atoms. The normalized spacial score (nSPS) is 19.3. The van der Waals surface area contributed by atoms with E-state index in [2.05, 4.69) is 15.3 Å². The number of nitrogens with zero attached hydrogens (tertiary/aromatic N) is 4. The van der Waals surface area contributed by atoms with Gasteiger partial charge in [-0.25, -0.2) is 9.97 Å². The minimum atomic E-state index is 0.0921. The maximum Gasteiger partial charge on any atom is 0.238 e. The van der Waals surface area contributed by atoms with Crippen LogP contribution in [0.2, 0.25) is 0 Å². The fraction of sp³-hybridized carbons (Fsp3) is 0.280. The molecule has 3 aromatic rings. The Morgan fingerprint density at radius 3 is 2.55 bits per heavy atom. The molecule has 0 unspecified atom stereocenters. The van der Waals surface area contributed by atoms with Crippen molar-refractivity contribution in [1.29, 1.82) is 0 Å². The van der Waals surface area contributed by atoms with Crippen LogP contribution in [0, 0.1) is 0 Å². The Kier molecular flexibility index (Phi) is 4.71. The molecule has 1 N–H and O–H groups in total. The van der Waals surface area contributed by atoms with Gasteiger partial charge in [0.25, 0.3) is 0 Å². The summed E-state index contributed by atoms with van der Waals surface area (Å²) in [6.07, 6.45) is 6.40. The van der Waals surface area contributed by atoms with Gasteiger partial charge in [-0.05, 0) is 48.7 Å². The Labute approximate surface area is 191 Å². The number of nitrogens with one attached hydrogen (secondary N) is 1. The largest absolute Gasteiger partial charge is 0.474 e. The number of hydrogen-bond acceptors (Lipinski definition) is 6. The van der Waals surface area contributed by atoms with Crippen molar-refractivity contribution in [2.75, 3.05) is 28.3 Å². The lowest BCUT2D eigenvalue weighted by Crippen LogP contribution is -2.40. The minimum absolute atomic E-state index is 0.0921. The molecule has 0 saturated carbocycles. The lowest BCUT2D eigenvalue weighted by Gasteiger charge is -2.31. The van der Waals surface area contributed by atoms with E-state index in [-0.39, 0.29) is 17.9 Å². The van der Waals surface area contributed by atoms with Gasteiger partial charge in [0.1, 0.15) is 18.1 Å². The molecule has 3 aliphatic rings. The Morgan fingerprint density at radius 1 is 0.939 bits per heavy atom. The number of amides is 2. The highest BCUT2D eigenvalue weighted by molar-refractivity contribution is 5.98. The zero-order valence-corrected chi connectivity index (χ0v) is 18.0. The van der Waals surface area contributed by atoms with Crippen molar-refractivity contribution in [2.24, 2.45) is 0 Å². The number of aromatic nitrogens is 2. The standard InChI is InChI=1S/C25H23N5O3/c31-23-2-1-11-29(23)19-6-3-16(4-7-19)17-5-9-22(26-13-17)28-18-12-21-25(27-14-18)33-15-20-8-10-24(32)30(20)21/h3-7,9,12-14,20H,1-2,8,10-11,15H2,(H,26,28)/t20-/m0/s1. The van der Waals surface area contributed by atoms with E-state index in [0.717, 1.165) is 41.9 Å². The quantitative estimate of drug-likeness (QED) is 0.661. The van der Waals surface area contributed by atoms with Crippen molar-refractivity contribution in [2.45, 2.75) is 31.7 Å². The van der Waals surface area contributed by atoms with Gasteiger partial charge in [-0.2, -0.15) is 0 Å². The molecule has 1 atom stereocenters. The predicted molar refractivity (Wildman–Crippen MR) is 125 cm³/mol. The molecular weight excluding hydrogens is 418 g/mol. The summed E-state index contributed by atoms with van der Waals surface area (Å²) in [5.41, 5.74) is 4.43. The Bertz CT molecular complexity index is 1230. The minimum Gasteiger partial charge on any atom is -0.474 e. The van der Waals surface area contributed by atoms with Crippen LogP contribution in [0.15, 0.2) is 54.9 Å². The van der Waals surface area contributed by atoms with Crippen LogP contribution in [0.4, 0.5) is 22.9 Å². The van der Waals surface area contributed by atoms with Crippen LogP contribution in [-0.4, -0.2) is 41.0 Å². The van der Waals surface area contributed by atoms with Gasteiger partial charge in [0.05, 0.1) is 17.9 Å². The summed E-state index contributed by atoms with van der Waals surface area (Å²) in [5, 5.41) is 3.27. The first-order chi connectivity index (χ1) is 16.2. The third-order valence-electron chi connectivity index (χ3n) is 6.45. The first-order valence-electron chi connectivity index (χ1n) is 11.2. The zero-order valence-electron chi connectivity index (χ0n) is 18.0. The van der Waals surface area contributed by atoms with Gasteiger partial charge in [0.15, 0.2) is 0 Å². The van der Waals surface area contributed by atoms with Crippen molar-refractivity contribution >= 4 is 34.7 Å². The van der Waals surface area contributed by atoms with E-state index in [0.29, 0.717) is 36.8 Å². The van der Waals surface area contributed by atoms with Gasteiger partial charge >= 0.3 is 0 Å². The molecule has 2 saturated heterocycles. The Morgan fingerprint density at radius 2 is 1.79 bits per heavy atom. The van der Waals surface area contributed by atoms with E-state index in [9.17, 15) is 9.59 Å². The van der Waals surface area contributed by atoms with E-state index >= 15 is 0 Å². The summed E-state index contributed by atoms with van der Waals surface area (Å²) in [5.74, 6) is 1.48. The molecule has 2 amide bonds. The zero-order chi connectivity index (χ0) is 22.4. The van der Waals surface area contributed by atoms with Crippen LogP contribution in [-0.2, 0) is 9.59 Å². The fourth-order valence-electron chi connectivity index (χ4n) is 4.74. The van der Waals surface area contributed by atoms with E-state index in [1.54, 1.807) is 6.20 Å². The van der Waals surface area contributed by atoms with E-state index in [1.165, 1.54) is 0 Å². The lowest BCUT2D eigenvalue weighted by molar-refractivity contribution is -0.118. The van der Waals surface area contributed by atoms with Crippen molar-refractivity contribution in [3.8, 4) is 17.0 Å². The monoisotopic (exact) mass is 441 g/mol. The van der Waals surface area contributed by atoms with Gasteiger partial charge in [0, 0.05) is 36.8 Å². The fourth-order valence-corrected chi connectivity index (χ4v) is 4.74. The molecule has 8 heteroatoms. The molecular formula is C25H23N5O3. The van der Waals surface area contributed by atoms with Crippen LogP contribution in [0.3, 0.4) is 0 Å². The molecule has 8 nitrogen and oxygen atoms in total. The second kappa shape index (κ2) is 7.88. The number of fused-ring (bicyclic) bond motifs is 3. The van der Waals surface area contributed by atoms with Crippen LogP contribution in [0.5, 0.6) is 5.88 Å². The number of anilines is 4. The first-order valence-corrected chi connectivity index (χ1v) is 11.2. The van der Waals surface area contributed by atoms with Gasteiger partial charge in [-0.3, -0.25) is 9.59 Å². The van der Waals surface area contributed by atoms with Crippen molar-refractivity contribution in [1.82, 2.24) is 9.97 Å². The van der Waals surface area contributed by atoms with Crippen LogP contribution >= 0.6 is 0 Å². The van der Waals surface area contributed by atoms with E-state index in [4.69, 9.17) is 4.74 Å². The van der Waals surface area contributed by atoms with Crippen molar-refractivity contribution in [3.63, 3.8) is 0 Å². The lowest BCUT2D eigenvalue weighted by atomic mass is 10.1. The number of carbonyl (C=O) groups excluding carboxylic acids is 2. The number of rotatable bonds is 4. The molecule has 1 aromatic carbocycles. The van der Waals surface area contributed by atoms with Gasteiger partial charge in [0.2, 0.25) is 17.7 Å². The summed E-state index contributed by atoms with van der Waals surface area (Å²) in [6.45, 7) is 1.28. The highest BCUT2D eigenvalue weighted by Gasteiger charge is 2.38. The maximum absolute atomic E-state index is 12.3. The SMILES string of the molecule is O=C1CCCN1c1ccc(-c2ccc(Nc3cnc4c(c3)N3C(=O)CC[C@H]3CO4)nc2)cc1. The average Bonchev–Trinajstić information content (AvgIpc) is 3.45. The third-order valence-corrected chi connectivity index (χ3v) is 6.45. The molecule has 2 fully saturated rings. The molecule has 6 rings (SSSR count). The van der Waals surface area contributed by atoms with Crippen LogP contribution < -0.4 is 19.9 Å². The van der Waals surface area contributed by atoms with E-state index < -0.39 is 0 Å². The second-order valence-corrected chi connectivity index (χ2v) is 8.57. The molecule has 0 aliphatic carbocycles. The average molecular weight is 441 g/mol. The number of ether oxygens (including phenoxy) is 1. The number of benzene rings is 1. The third kappa shape index (κ3) is 3.57. The number of pyridine rings is 2. The Balaban J connectivity index is 1.18. The summed E-state index contributed by atoms with van der Waals surface area (Å²) in [4.78, 5) is 36.8. The summed E-state index contributed by atoms with van der Waals surface area (Å²) < 4.78 is 5.73. The molecule has 166 valence electrons. The van der Waals surface area contributed by atoms with Gasteiger partial charge in [-0.15, -0.1) is 0 Å². The van der Waals surface area contributed by atoms with Crippen molar-refractivity contribution in [3.05, 3.63) is 54.9 Å². The van der Waals surface area contributed by atoms with Gasteiger partial charge < -0.3 is 19.9 Å². The Hall–Kier alpha value is -3.94. The van der Waals surface area contributed by atoms with Crippen molar-refractivity contribution < 1.29 is 14.3 Å².